The highest BCUT2D eigenvalue weighted by Crippen LogP contribution is 2.41. The van der Waals surface area contributed by atoms with Gasteiger partial charge in [-0.3, -0.25) is 4.79 Å². The van der Waals surface area contributed by atoms with Crippen LogP contribution in [0.4, 0.5) is 0 Å². The van der Waals surface area contributed by atoms with E-state index in [1.807, 2.05) is 13.0 Å². The fraction of sp³-hybridized carbons (Fsp3) is 0.576. The molecule has 2 aromatic rings. The summed E-state index contributed by atoms with van der Waals surface area (Å²) < 4.78 is 5.83. The maximum atomic E-state index is 12.7. The molecule has 1 saturated heterocycles. The highest BCUT2D eigenvalue weighted by molar-refractivity contribution is 5.85. The molecular formula is C33H47NO6. The number of nitrogens with zero attached hydrogens (tertiary/aromatic N) is 1. The molecule has 0 aromatic heterocycles. The van der Waals surface area contributed by atoms with Crippen molar-refractivity contribution in [3.8, 4) is 5.75 Å². The number of likely N-dealkylation sites (tertiary alicyclic amines) is 1. The van der Waals surface area contributed by atoms with Crippen molar-refractivity contribution in [2.24, 2.45) is 5.41 Å². The number of aryl methyl sites for hydroxylation is 3. The molecule has 0 spiro atoms. The Morgan fingerprint density at radius 2 is 1.62 bits per heavy atom. The van der Waals surface area contributed by atoms with Gasteiger partial charge in [0.15, 0.2) is 6.61 Å². The van der Waals surface area contributed by atoms with E-state index in [1.54, 1.807) is 0 Å². The Balaban J connectivity index is 1.78. The standard InChI is InChI=1S/C33H47NO6/c1-8-33(9-2,24-12-10-23(21(3)16-24)11-15-29(36)32(5,6)7)25-13-14-28(22(4)17-25)40-20-30(37)34-19-26(35)18-27(34)31(38)39/h10,12-14,16-17,26-27,29,35-36H,8-9,11,15,18-20H2,1-7H3,(H,38,39)/t26-,27+,29?/m1/s1. The van der Waals surface area contributed by atoms with E-state index in [0.717, 1.165) is 31.2 Å². The molecule has 1 heterocycles. The van der Waals surface area contributed by atoms with Gasteiger partial charge in [-0.15, -0.1) is 0 Å². The smallest absolute Gasteiger partial charge is 0.326 e. The molecule has 3 atom stereocenters. The third-order valence-corrected chi connectivity index (χ3v) is 8.75. The molecule has 1 unspecified atom stereocenters. The van der Waals surface area contributed by atoms with Crippen LogP contribution in [0.2, 0.25) is 0 Å². The number of aliphatic hydroxyl groups excluding tert-OH is 2. The van der Waals surface area contributed by atoms with E-state index < -0.39 is 24.0 Å². The molecule has 40 heavy (non-hydrogen) atoms. The quantitative estimate of drug-likeness (QED) is 0.354. The van der Waals surface area contributed by atoms with Gasteiger partial charge in [0.1, 0.15) is 11.8 Å². The number of rotatable bonds is 11. The van der Waals surface area contributed by atoms with Gasteiger partial charge in [0.2, 0.25) is 0 Å². The lowest BCUT2D eigenvalue weighted by molar-refractivity contribution is -0.149. The molecule has 0 bridgehead atoms. The van der Waals surface area contributed by atoms with Crippen LogP contribution < -0.4 is 4.74 Å². The van der Waals surface area contributed by atoms with Crippen molar-refractivity contribution in [2.45, 2.75) is 104 Å². The normalized spacial score (nSPS) is 18.6. The third kappa shape index (κ3) is 6.87. The van der Waals surface area contributed by atoms with Crippen molar-refractivity contribution in [1.82, 2.24) is 4.90 Å². The lowest BCUT2D eigenvalue weighted by atomic mass is 9.69. The second kappa shape index (κ2) is 12.7. The van der Waals surface area contributed by atoms with Crippen LogP contribution in [0.1, 0.15) is 88.1 Å². The Morgan fingerprint density at radius 3 is 2.15 bits per heavy atom. The van der Waals surface area contributed by atoms with Crippen LogP contribution in [0, 0.1) is 19.3 Å². The maximum absolute atomic E-state index is 12.7. The number of ether oxygens (including phenoxy) is 1. The summed E-state index contributed by atoms with van der Waals surface area (Å²) >= 11 is 0. The average molecular weight is 554 g/mol. The van der Waals surface area contributed by atoms with Gasteiger partial charge in [-0.1, -0.05) is 65.0 Å². The number of hydrogen-bond donors (Lipinski definition) is 3. The fourth-order valence-electron chi connectivity index (χ4n) is 5.89. The van der Waals surface area contributed by atoms with Crippen LogP contribution in [-0.2, 0) is 21.4 Å². The Kier molecular flexibility index (Phi) is 10.1. The molecule has 1 aliphatic heterocycles. The van der Waals surface area contributed by atoms with Gasteiger partial charge < -0.3 is 25.0 Å². The number of carboxylic acid groups (broad SMARTS) is 1. The summed E-state index contributed by atoms with van der Waals surface area (Å²) in [7, 11) is 0. The minimum atomic E-state index is -1.12. The highest BCUT2D eigenvalue weighted by Gasteiger charge is 2.39. The molecule has 0 radical (unpaired) electrons. The molecule has 3 rings (SSSR count). The molecular weight excluding hydrogens is 506 g/mol. The summed E-state index contributed by atoms with van der Waals surface area (Å²) in [6.07, 6.45) is 2.24. The van der Waals surface area contributed by atoms with Crippen LogP contribution in [0.25, 0.3) is 0 Å². The second-order valence-electron chi connectivity index (χ2n) is 12.4. The van der Waals surface area contributed by atoms with Gasteiger partial charge in [0.05, 0.1) is 12.2 Å². The topological polar surface area (TPSA) is 107 Å². The number of hydrogen-bond acceptors (Lipinski definition) is 5. The zero-order valence-corrected chi connectivity index (χ0v) is 25.2. The summed E-state index contributed by atoms with van der Waals surface area (Å²) in [6.45, 7) is 14.4. The van der Waals surface area contributed by atoms with Crippen molar-refractivity contribution in [3.63, 3.8) is 0 Å². The number of aliphatic hydroxyl groups is 2. The predicted octanol–water partition coefficient (Wildman–Crippen LogP) is 5.17. The van der Waals surface area contributed by atoms with E-state index in [2.05, 4.69) is 71.9 Å². The van der Waals surface area contributed by atoms with Gasteiger partial charge in [0, 0.05) is 18.4 Å². The monoisotopic (exact) mass is 553 g/mol. The second-order valence-corrected chi connectivity index (χ2v) is 12.4. The number of benzene rings is 2. The molecule has 220 valence electrons. The summed E-state index contributed by atoms with van der Waals surface area (Å²) in [5.41, 5.74) is 5.50. The lowest BCUT2D eigenvalue weighted by Crippen LogP contribution is -2.43. The Bertz CT molecular complexity index is 1200. The predicted molar refractivity (Wildman–Crippen MR) is 157 cm³/mol. The van der Waals surface area contributed by atoms with Crippen LogP contribution in [0.3, 0.4) is 0 Å². The van der Waals surface area contributed by atoms with Gasteiger partial charge >= 0.3 is 5.97 Å². The molecule has 3 N–H and O–H groups in total. The van der Waals surface area contributed by atoms with Crippen molar-refractivity contribution in [3.05, 3.63) is 64.2 Å². The van der Waals surface area contributed by atoms with Gasteiger partial charge in [-0.25, -0.2) is 4.79 Å². The number of amides is 1. The molecule has 2 aromatic carbocycles. The van der Waals surface area contributed by atoms with Crippen molar-refractivity contribution < 1.29 is 29.6 Å². The van der Waals surface area contributed by atoms with Crippen LogP contribution in [-0.4, -0.2) is 63.5 Å². The summed E-state index contributed by atoms with van der Waals surface area (Å²) in [5.74, 6) is -0.991. The Hall–Kier alpha value is -2.90. The van der Waals surface area contributed by atoms with Crippen LogP contribution in [0.5, 0.6) is 5.75 Å². The SMILES string of the molecule is CCC(CC)(c1ccc(CCC(O)C(C)(C)C)c(C)c1)c1ccc(OCC(=O)N2C[C@H](O)C[C@H]2C(=O)O)c(C)c1. The number of carboxylic acids is 1. The number of aliphatic carboxylic acids is 1. The first-order chi connectivity index (χ1) is 18.7. The van der Waals surface area contributed by atoms with E-state index in [0.29, 0.717) is 5.75 Å². The number of β-amino-alcohol motifs (C(OH)–C–C–N with tert-alkyl or cyclic N) is 1. The molecule has 0 saturated carbocycles. The minimum Gasteiger partial charge on any atom is -0.483 e. The lowest BCUT2D eigenvalue weighted by Gasteiger charge is -2.34. The minimum absolute atomic E-state index is 0.00196. The molecule has 1 aliphatic rings. The van der Waals surface area contributed by atoms with Crippen molar-refractivity contribution in [1.29, 1.82) is 0 Å². The number of carbonyl (C=O) groups is 2. The molecule has 7 heteroatoms. The van der Waals surface area contributed by atoms with Crippen molar-refractivity contribution in [2.75, 3.05) is 13.2 Å². The first kappa shape index (κ1) is 31.6. The first-order valence-electron chi connectivity index (χ1n) is 14.5. The molecule has 7 nitrogen and oxygen atoms in total. The Morgan fingerprint density at radius 1 is 1.02 bits per heavy atom. The van der Waals surface area contributed by atoms with Gasteiger partial charge in [0.25, 0.3) is 5.91 Å². The zero-order valence-electron chi connectivity index (χ0n) is 25.2. The van der Waals surface area contributed by atoms with E-state index in [1.165, 1.54) is 27.2 Å². The summed E-state index contributed by atoms with van der Waals surface area (Å²) in [6, 6.07) is 11.8. The molecule has 0 aliphatic carbocycles. The fourth-order valence-corrected chi connectivity index (χ4v) is 5.89. The third-order valence-electron chi connectivity index (χ3n) is 8.75. The van der Waals surface area contributed by atoms with E-state index >= 15 is 0 Å². The highest BCUT2D eigenvalue weighted by atomic mass is 16.5. The summed E-state index contributed by atoms with van der Waals surface area (Å²) in [4.78, 5) is 25.4. The largest absolute Gasteiger partial charge is 0.483 e. The van der Waals surface area contributed by atoms with Gasteiger partial charge in [-0.2, -0.15) is 0 Å². The van der Waals surface area contributed by atoms with Crippen LogP contribution >= 0.6 is 0 Å². The Labute approximate surface area is 239 Å². The maximum Gasteiger partial charge on any atom is 0.326 e. The molecule has 1 fully saturated rings. The summed E-state index contributed by atoms with van der Waals surface area (Å²) in [5, 5.41) is 29.7. The zero-order chi connectivity index (χ0) is 29.8. The first-order valence-corrected chi connectivity index (χ1v) is 14.5. The van der Waals surface area contributed by atoms with Crippen LogP contribution in [0.15, 0.2) is 36.4 Å². The van der Waals surface area contributed by atoms with Crippen molar-refractivity contribution >= 4 is 11.9 Å². The van der Waals surface area contributed by atoms with E-state index in [-0.39, 0.29) is 36.5 Å². The molecule has 1 amide bonds. The average Bonchev–Trinajstić information content (AvgIpc) is 3.30. The number of carbonyl (C=O) groups excluding carboxylic acids is 1. The van der Waals surface area contributed by atoms with E-state index in [4.69, 9.17) is 4.74 Å². The van der Waals surface area contributed by atoms with E-state index in [9.17, 15) is 24.9 Å². The van der Waals surface area contributed by atoms with Gasteiger partial charge in [-0.05, 0) is 78.8 Å².